The van der Waals surface area contributed by atoms with Gasteiger partial charge < -0.3 is 0 Å². The van der Waals surface area contributed by atoms with Gasteiger partial charge in [-0.15, -0.1) is 0 Å². The number of anilines is 1. The summed E-state index contributed by atoms with van der Waals surface area (Å²) in [6.45, 7) is 0. The van der Waals surface area contributed by atoms with E-state index in [1.807, 2.05) is 83.2 Å². The molecule has 2 unspecified atom stereocenters. The van der Waals surface area contributed by atoms with Gasteiger partial charge in [-0.1, -0.05) is 54.6 Å². The lowest BCUT2D eigenvalue weighted by Crippen LogP contribution is -2.58. The first-order valence-corrected chi connectivity index (χ1v) is 11.3. The molecule has 0 saturated heterocycles. The fourth-order valence-corrected chi connectivity index (χ4v) is 7.98. The number of rotatable bonds is 4. The maximum absolute atomic E-state index is 13.8. The van der Waals surface area contributed by atoms with Gasteiger partial charge in [0.25, 0.3) is 0 Å². The van der Waals surface area contributed by atoms with Crippen molar-refractivity contribution in [3.05, 3.63) is 90.5 Å². The Morgan fingerprint density at radius 2 is 1.37 bits per heavy atom. The van der Waals surface area contributed by atoms with E-state index in [2.05, 4.69) is 6.07 Å². The molecule has 0 bridgehead atoms. The molecule has 27 heavy (non-hydrogen) atoms. The topological polar surface area (TPSA) is 37.4 Å². The first-order valence-electron chi connectivity index (χ1n) is 9.06. The Morgan fingerprint density at radius 1 is 0.778 bits per heavy atom. The summed E-state index contributed by atoms with van der Waals surface area (Å²) in [5.41, 5.74) is 2.11. The molecule has 0 amide bonds. The van der Waals surface area contributed by atoms with Crippen LogP contribution < -0.4 is 4.31 Å². The van der Waals surface area contributed by atoms with Gasteiger partial charge in [0.1, 0.15) is 4.87 Å². The van der Waals surface area contributed by atoms with Gasteiger partial charge in [-0.05, 0) is 48.7 Å². The third kappa shape index (κ3) is 2.38. The van der Waals surface area contributed by atoms with Crippen molar-refractivity contribution in [2.75, 3.05) is 4.31 Å². The molecule has 2 aliphatic rings. The number of hydrogen-bond donors (Lipinski definition) is 0. The van der Waals surface area contributed by atoms with Crippen LogP contribution in [0.15, 0.2) is 94.7 Å². The summed E-state index contributed by atoms with van der Waals surface area (Å²) in [5, 5.41) is 0. The van der Waals surface area contributed by atoms with Crippen molar-refractivity contribution in [1.82, 2.24) is 0 Å². The highest BCUT2D eigenvalue weighted by molar-refractivity contribution is 7.91. The predicted molar refractivity (Wildman–Crippen MR) is 109 cm³/mol. The maximum atomic E-state index is 13.8. The number of hydrogen-bond acceptors (Lipinski definition) is 2. The van der Waals surface area contributed by atoms with Crippen LogP contribution in [0.4, 0.5) is 5.69 Å². The molecule has 0 radical (unpaired) electrons. The van der Waals surface area contributed by atoms with Crippen LogP contribution in [-0.2, 0) is 21.8 Å². The third-order valence-corrected chi connectivity index (χ3v) is 9.26. The van der Waals surface area contributed by atoms with Crippen molar-refractivity contribution in [2.45, 2.75) is 33.4 Å². The number of para-hydroxylation sites is 1. The summed E-state index contributed by atoms with van der Waals surface area (Å²) >= 11 is 0. The fraction of sp³-hybridized carbons (Fsp3) is 0.182. The van der Waals surface area contributed by atoms with E-state index in [1.165, 1.54) is 0 Å². The molecule has 3 aromatic rings. The quantitative estimate of drug-likeness (QED) is 0.649. The van der Waals surface area contributed by atoms with Gasteiger partial charge in [0.2, 0.25) is 0 Å². The van der Waals surface area contributed by atoms with E-state index < -0.39 is 26.7 Å². The summed E-state index contributed by atoms with van der Waals surface area (Å²) in [6, 6.07) is 27.1. The van der Waals surface area contributed by atoms with Crippen molar-refractivity contribution in [3.63, 3.8) is 0 Å². The van der Waals surface area contributed by atoms with Gasteiger partial charge in [0.05, 0.1) is 21.4 Å². The highest BCUT2D eigenvalue weighted by atomic mass is 32.2. The predicted octanol–water partition coefficient (Wildman–Crippen LogP) is 4.61. The molecular formula is C22H19NO2S2. The van der Waals surface area contributed by atoms with Crippen molar-refractivity contribution in [1.29, 1.82) is 0 Å². The molecule has 4 atom stereocenters. The largest absolute Gasteiger partial charge is 0.268 e. The SMILES string of the molecule is O=S(c1ccccc1)N1c2ccccc2[C@@H]2CC[C@@]21S(=O)c1ccccc1. The molecular weight excluding hydrogens is 374 g/mol. The summed E-state index contributed by atoms with van der Waals surface area (Å²) in [5.74, 6) is 0.141. The summed E-state index contributed by atoms with van der Waals surface area (Å²) in [4.78, 5) is 0.889. The Labute approximate surface area is 164 Å². The van der Waals surface area contributed by atoms with E-state index in [0.29, 0.717) is 0 Å². The van der Waals surface area contributed by atoms with Crippen molar-refractivity contribution < 1.29 is 8.42 Å². The Hall–Kier alpha value is -2.24. The summed E-state index contributed by atoms with van der Waals surface area (Å²) in [7, 11) is -2.70. The molecule has 0 aromatic heterocycles. The van der Waals surface area contributed by atoms with Gasteiger partial charge in [0.15, 0.2) is 11.0 Å². The lowest BCUT2D eigenvalue weighted by Gasteiger charge is -2.48. The zero-order valence-corrected chi connectivity index (χ0v) is 16.3. The van der Waals surface area contributed by atoms with E-state index in [0.717, 1.165) is 33.9 Å². The van der Waals surface area contributed by atoms with Crippen LogP contribution in [0.2, 0.25) is 0 Å². The summed E-state index contributed by atoms with van der Waals surface area (Å²) < 4.78 is 29.4. The average molecular weight is 394 g/mol. The van der Waals surface area contributed by atoms with E-state index in [1.54, 1.807) is 0 Å². The highest BCUT2D eigenvalue weighted by Crippen LogP contribution is 2.62. The molecule has 136 valence electrons. The van der Waals surface area contributed by atoms with Crippen molar-refractivity contribution >= 4 is 27.5 Å². The first kappa shape index (κ1) is 16.9. The van der Waals surface area contributed by atoms with E-state index in [-0.39, 0.29) is 5.92 Å². The monoisotopic (exact) mass is 393 g/mol. The van der Waals surface area contributed by atoms with Crippen molar-refractivity contribution in [2.24, 2.45) is 0 Å². The smallest absolute Gasteiger partial charge is 0.154 e. The molecule has 3 aromatic carbocycles. The molecule has 5 heteroatoms. The van der Waals surface area contributed by atoms with Gasteiger partial charge in [-0.2, -0.15) is 0 Å². The molecule has 1 aliphatic heterocycles. The minimum absolute atomic E-state index is 0.141. The average Bonchev–Trinajstić information content (AvgIpc) is 2.91. The molecule has 5 rings (SSSR count). The van der Waals surface area contributed by atoms with E-state index in [4.69, 9.17) is 0 Å². The Kier molecular flexibility index (Phi) is 4.02. The van der Waals surface area contributed by atoms with Gasteiger partial charge in [-0.3, -0.25) is 8.51 Å². The minimum atomic E-state index is -1.41. The van der Waals surface area contributed by atoms with Gasteiger partial charge in [0, 0.05) is 10.8 Å². The molecule has 1 saturated carbocycles. The third-order valence-electron chi connectivity index (χ3n) is 5.60. The minimum Gasteiger partial charge on any atom is -0.268 e. The van der Waals surface area contributed by atoms with Crippen LogP contribution in [-0.4, -0.2) is 13.3 Å². The van der Waals surface area contributed by atoms with Crippen LogP contribution in [0, 0.1) is 0 Å². The number of nitrogens with zero attached hydrogens (tertiary/aromatic N) is 1. The molecule has 1 fully saturated rings. The standard InChI is InChI=1S/C22H19NO2S2/c24-26(17-9-3-1-4-10-17)22-16-15-20(22)19-13-7-8-14-21(19)23(22)27(25)18-11-5-2-6-12-18/h1-14,20H,15-16H2/t20-,22+,26?,27?/m0/s1. The lowest BCUT2D eigenvalue weighted by atomic mass is 9.77. The second-order valence-corrected chi connectivity index (χ2v) is 9.98. The molecule has 1 heterocycles. The Balaban J connectivity index is 1.68. The molecule has 0 N–H and O–H groups in total. The number of fused-ring (bicyclic) bond motifs is 3. The maximum Gasteiger partial charge on any atom is 0.154 e. The second-order valence-electron chi connectivity index (χ2n) is 6.93. The van der Waals surface area contributed by atoms with Crippen LogP contribution in [0.25, 0.3) is 0 Å². The molecule has 3 nitrogen and oxygen atoms in total. The first-order chi connectivity index (χ1) is 13.2. The molecule has 1 aliphatic carbocycles. The summed E-state index contributed by atoms with van der Waals surface area (Å²) in [6.07, 6.45) is 1.74. The zero-order chi connectivity index (χ0) is 18.4. The number of benzene rings is 3. The van der Waals surface area contributed by atoms with Gasteiger partial charge in [-0.25, -0.2) is 4.21 Å². The van der Waals surface area contributed by atoms with Crippen LogP contribution in [0.3, 0.4) is 0 Å². The van der Waals surface area contributed by atoms with Crippen LogP contribution in [0.1, 0.15) is 24.3 Å². The molecule has 0 spiro atoms. The van der Waals surface area contributed by atoms with Gasteiger partial charge >= 0.3 is 0 Å². The highest BCUT2D eigenvalue weighted by Gasteiger charge is 2.63. The Bertz CT molecular complexity index is 1040. The zero-order valence-electron chi connectivity index (χ0n) is 14.7. The van der Waals surface area contributed by atoms with E-state index >= 15 is 0 Å². The fourth-order valence-electron chi connectivity index (χ4n) is 4.27. The second kappa shape index (κ2) is 6.43. The van der Waals surface area contributed by atoms with Crippen LogP contribution >= 0.6 is 0 Å². The van der Waals surface area contributed by atoms with Crippen LogP contribution in [0.5, 0.6) is 0 Å². The Morgan fingerprint density at radius 3 is 2.00 bits per heavy atom. The normalized spacial score (nSPS) is 25.2. The lowest BCUT2D eigenvalue weighted by molar-refractivity contribution is 0.325. The van der Waals surface area contributed by atoms with E-state index in [9.17, 15) is 8.42 Å². The van der Waals surface area contributed by atoms with Crippen molar-refractivity contribution in [3.8, 4) is 0 Å².